The van der Waals surface area contributed by atoms with Crippen LogP contribution in [0.15, 0.2) is 35.6 Å². The lowest BCUT2D eigenvalue weighted by Crippen LogP contribution is -2.13. The second-order valence-electron chi connectivity index (χ2n) is 5.64. The van der Waals surface area contributed by atoms with Crippen molar-refractivity contribution in [2.24, 2.45) is 16.8 Å². The van der Waals surface area contributed by atoms with Gasteiger partial charge >= 0.3 is 0 Å². The van der Waals surface area contributed by atoms with Gasteiger partial charge in [-0.25, -0.2) is 0 Å². The van der Waals surface area contributed by atoms with Crippen LogP contribution in [0.25, 0.3) is 10.9 Å². The number of benzene rings is 1. The summed E-state index contributed by atoms with van der Waals surface area (Å²) < 4.78 is 2.31. The van der Waals surface area contributed by atoms with Crippen molar-refractivity contribution in [1.82, 2.24) is 4.57 Å². The van der Waals surface area contributed by atoms with Crippen LogP contribution in [0.5, 0.6) is 0 Å². The third-order valence-corrected chi connectivity index (χ3v) is 4.17. The highest BCUT2D eigenvalue weighted by atomic mass is 16.4. The standard InChI is InChI=1S/C17H25N3O/c1-3-5-6-13(4-2)12-20-10-9-14-11-15(17(18)19-21)7-8-16(14)20/h7-11,13,21H,3-6,12H2,1-2H3,(H2,18,19). The smallest absolute Gasteiger partial charge is 0.170 e. The zero-order valence-electron chi connectivity index (χ0n) is 12.9. The number of fused-ring (bicyclic) bond motifs is 1. The minimum atomic E-state index is 0.152. The highest BCUT2D eigenvalue weighted by Crippen LogP contribution is 2.22. The molecule has 1 aromatic heterocycles. The number of hydrogen-bond acceptors (Lipinski definition) is 2. The Balaban J connectivity index is 2.22. The van der Waals surface area contributed by atoms with Crippen molar-refractivity contribution < 1.29 is 5.21 Å². The SMILES string of the molecule is CCCCC(CC)Cn1ccc2cc(/C(N)=N/O)ccc21. The zero-order chi connectivity index (χ0) is 15.2. The summed E-state index contributed by atoms with van der Waals surface area (Å²) in [5.74, 6) is 0.878. The Morgan fingerprint density at radius 2 is 2.14 bits per heavy atom. The second kappa shape index (κ2) is 7.16. The molecule has 0 saturated heterocycles. The topological polar surface area (TPSA) is 63.5 Å². The summed E-state index contributed by atoms with van der Waals surface area (Å²) >= 11 is 0. The van der Waals surface area contributed by atoms with Gasteiger partial charge in [-0.3, -0.25) is 0 Å². The number of rotatable bonds is 7. The Kier molecular flexibility index (Phi) is 5.26. The molecule has 2 aromatic rings. The van der Waals surface area contributed by atoms with Crippen molar-refractivity contribution >= 4 is 16.7 Å². The van der Waals surface area contributed by atoms with Crippen molar-refractivity contribution in [3.05, 3.63) is 36.0 Å². The van der Waals surface area contributed by atoms with Crippen LogP contribution in [0.4, 0.5) is 0 Å². The molecule has 1 aromatic carbocycles. The largest absolute Gasteiger partial charge is 0.409 e. The van der Waals surface area contributed by atoms with Crippen LogP contribution in [-0.4, -0.2) is 15.6 Å². The summed E-state index contributed by atoms with van der Waals surface area (Å²) in [5.41, 5.74) is 7.60. The number of aromatic nitrogens is 1. The maximum atomic E-state index is 8.76. The monoisotopic (exact) mass is 287 g/mol. The van der Waals surface area contributed by atoms with E-state index in [1.54, 1.807) is 0 Å². The molecule has 0 aliphatic heterocycles. The fourth-order valence-electron chi connectivity index (χ4n) is 2.77. The summed E-state index contributed by atoms with van der Waals surface area (Å²) in [6.45, 7) is 5.57. The predicted octanol–water partition coefficient (Wildman–Crippen LogP) is 3.95. The van der Waals surface area contributed by atoms with Crippen LogP contribution in [0.3, 0.4) is 0 Å². The lowest BCUT2D eigenvalue weighted by molar-refractivity contribution is 0.318. The summed E-state index contributed by atoms with van der Waals surface area (Å²) in [7, 11) is 0. The average molecular weight is 287 g/mol. The van der Waals surface area contributed by atoms with Crippen molar-refractivity contribution in [2.45, 2.75) is 46.1 Å². The van der Waals surface area contributed by atoms with Gasteiger partial charge in [0.2, 0.25) is 0 Å². The van der Waals surface area contributed by atoms with Crippen LogP contribution >= 0.6 is 0 Å². The first kappa shape index (κ1) is 15.4. The van der Waals surface area contributed by atoms with E-state index in [1.165, 1.54) is 31.2 Å². The molecule has 0 bridgehead atoms. The first-order valence-electron chi connectivity index (χ1n) is 7.76. The Hall–Kier alpha value is -1.97. The van der Waals surface area contributed by atoms with E-state index in [0.717, 1.165) is 23.4 Å². The molecule has 4 nitrogen and oxygen atoms in total. The zero-order valence-corrected chi connectivity index (χ0v) is 12.9. The van der Waals surface area contributed by atoms with Gasteiger partial charge in [-0.15, -0.1) is 0 Å². The molecule has 0 fully saturated rings. The Labute approximate surface area is 126 Å². The van der Waals surface area contributed by atoms with Crippen molar-refractivity contribution in [3.8, 4) is 0 Å². The molecule has 0 saturated carbocycles. The molecule has 1 atom stereocenters. The molecule has 0 aliphatic rings. The lowest BCUT2D eigenvalue weighted by atomic mass is 9.99. The quantitative estimate of drug-likeness (QED) is 0.350. The van der Waals surface area contributed by atoms with Crippen LogP contribution in [0, 0.1) is 5.92 Å². The van der Waals surface area contributed by atoms with Gasteiger partial charge in [0.1, 0.15) is 0 Å². The van der Waals surface area contributed by atoms with Gasteiger partial charge in [0, 0.05) is 29.2 Å². The highest BCUT2D eigenvalue weighted by Gasteiger charge is 2.10. The number of hydrogen-bond donors (Lipinski definition) is 2. The lowest BCUT2D eigenvalue weighted by Gasteiger charge is -2.16. The number of nitrogens with two attached hydrogens (primary N) is 1. The molecule has 1 heterocycles. The highest BCUT2D eigenvalue weighted by molar-refractivity contribution is 6.00. The van der Waals surface area contributed by atoms with E-state index in [4.69, 9.17) is 10.9 Å². The Morgan fingerprint density at radius 1 is 1.33 bits per heavy atom. The second-order valence-corrected chi connectivity index (χ2v) is 5.64. The molecule has 4 heteroatoms. The van der Waals surface area contributed by atoms with Crippen molar-refractivity contribution in [2.75, 3.05) is 0 Å². The Bertz CT molecular complexity index is 616. The van der Waals surface area contributed by atoms with Gasteiger partial charge in [-0.1, -0.05) is 38.3 Å². The fraction of sp³-hybridized carbons (Fsp3) is 0.471. The molecular formula is C17H25N3O. The molecule has 1 unspecified atom stereocenters. The maximum absolute atomic E-state index is 8.76. The number of unbranched alkanes of at least 4 members (excludes halogenated alkanes) is 1. The van der Waals surface area contributed by atoms with E-state index in [0.29, 0.717) is 0 Å². The summed E-state index contributed by atoms with van der Waals surface area (Å²) in [6, 6.07) is 8.01. The van der Waals surface area contributed by atoms with Gasteiger partial charge in [0.05, 0.1) is 0 Å². The molecule has 3 N–H and O–H groups in total. The predicted molar refractivity (Wildman–Crippen MR) is 87.8 cm³/mol. The van der Waals surface area contributed by atoms with Gasteiger partial charge in [0.25, 0.3) is 0 Å². The van der Waals surface area contributed by atoms with Gasteiger partial charge in [-0.05, 0) is 36.6 Å². The number of nitrogens with zero attached hydrogens (tertiary/aromatic N) is 2. The van der Waals surface area contributed by atoms with E-state index in [9.17, 15) is 0 Å². The molecule has 0 radical (unpaired) electrons. The van der Waals surface area contributed by atoms with Gasteiger partial charge in [-0.2, -0.15) is 0 Å². The van der Waals surface area contributed by atoms with E-state index in [2.05, 4.69) is 41.9 Å². The van der Waals surface area contributed by atoms with E-state index >= 15 is 0 Å². The molecule has 0 amide bonds. The number of oxime groups is 1. The molecule has 2 rings (SSSR count). The third-order valence-electron chi connectivity index (χ3n) is 4.17. The molecule has 21 heavy (non-hydrogen) atoms. The normalized spacial score (nSPS) is 13.7. The summed E-state index contributed by atoms with van der Waals surface area (Å²) in [6.07, 6.45) is 7.18. The molecular weight excluding hydrogens is 262 g/mol. The van der Waals surface area contributed by atoms with Crippen LogP contribution in [0.1, 0.15) is 45.1 Å². The van der Waals surface area contributed by atoms with Crippen LogP contribution in [0.2, 0.25) is 0 Å². The van der Waals surface area contributed by atoms with Gasteiger partial charge in [0.15, 0.2) is 5.84 Å². The van der Waals surface area contributed by atoms with Gasteiger partial charge < -0.3 is 15.5 Å². The fourth-order valence-corrected chi connectivity index (χ4v) is 2.77. The summed E-state index contributed by atoms with van der Waals surface area (Å²) in [4.78, 5) is 0. The first-order valence-corrected chi connectivity index (χ1v) is 7.76. The first-order chi connectivity index (χ1) is 10.2. The van der Waals surface area contributed by atoms with E-state index < -0.39 is 0 Å². The summed E-state index contributed by atoms with van der Waals surface area (Å²) in [5, 5.41) is 12.9. The van der Waals surface area contributed by atoms with E-state index in [1.807, 2.05) is 12.1 Å². The van der Waals surface area contributed by atoms with Crippen LogP contribution in [-0.2, 0) is 6.54 Å². The minimum Gasteiger partial charge on any atom is -0.409 e. The maximum Gasteiger partial charge on any atom is 0.170 e. The Morgan fingerprint density at radius 3 is 2.81 bits per heavy atom. The van der Waals surface area contributed by atoms with Crippen molar-refractivity contribution in [1.29, 1.82) is 0 Å². The molecule has 0 aliphatic carbocycles. The van der Waals surface area contributed by atoms with Crippen molar-refractivity contribution in [3.63, 3.8) is 0 Å². The van der Waals surface area contributed by atoms with Crippen LogP contribution < -0.4 is 5.73 Å². The molecule has 114 valence electrons. The average Bonchev–Trinajstić information content (AvgIpc) is 2.92. The minimum absolute atomic E-state index is 0.152. The molecule has 0 spiro atoms. The van der Waals surface area contributed by atoms with E-state index in [-0.39, 0.29) is 5.84 Å². The number of amidine groups is 1. The third kappa shape index (κ3) is 3.57.